The van der Waals surface area contributed by atoms with Crippen LogP contribution in [0.25, 0.3) is 0 Å². The number of nitrogens with zero attached hydrogens (tertiary/aromatic N) is 1. The minimum Gasteiger partial charge on any atom is -0.355 e. The Kier molecular flexibility index (Phi) is 4.53. The molecule has 0 heterocycles. The van der Waals surface area contributed by atoms with E-state index in [1.165, 1.54) is 5.56 Å². The fourth-order valence-corrected chi connectivity index (χ4v) is 1.27. The van der Waals surface area contributed by atoms with E-state index in [0.29, 0.717) is 13.0 Å². The molecular weight excluding hydrogens is 200 g/mol. The number of carbonyl (C=O) groups excluding carboxylic acids is 1. The van der Waals surface area contributed by atoms with Gasteiger partial charge in [-0.05, 0) is 19.4 Å². The lowest BCUT2D eigenvalue weighted by atomic mass is 10.1. The maximum absolute atomic E-state index is 11.5. The second-order valence-corrected chi connectivity index (χ2v) is 4.00. The van der Waals surface area contributed by atoms with Crippen LogP contribution in [-0.2, 0) is 11.2 Å². The van der Waals surface area contributed by atoms with E-state index in [1.54, 1.807) is 6.92 Å². The molecule has 1 rings (SSSR count). The molecule has 0 spiro atoms. The van der Waals surface area contributed by atoms with Gasteiger partial charge < -0.3 is 5.32 Å². The molecule has 1 aromatic carbocycles. The summed E-state index contributed by atoms with van der Waals surface area (Å²) >= 11 is 0. The van der Waals surface area contributed by atoms with Gasteiger partial charge in [0.1, 0.15) is 0 Å². The van der Waals surface area contributed by atoms with Crippen molar-refractivity contribution in [3.63, 3.8) is 0 Å². The first kappa shape index (κ1) is 12.3. The molecular formula is C13H16N2O. The standard InChI is InChI=1S/C13H16N2O/c1-10-3-5-12(6-4-10)7-13(16)15-9-11(2)8-14/h3-6,11H,7,9H2,1-2H3,(H,15,16). The van der Waals surface area contributed by atoms with Crippen LogP contribution in [0.2, 0.25) is 0 Å². The molecule has 16 heavy (non-hydrogen) atoms. The van der Waals surface area contributed by atoms with Crippen LogP contribution >= 0.6 is 0 Å². The molecule has 84 valence electrons. The molecule has 0 aliphatic rings. The molecule has 1 N–H and O–H groups in total. The summed E-state index contributed by atoms with van der Waals surface area (Å²) in [6.07, 6.45) is 0.373. The van der Waals surface area contributed by atoms with Crippen LogP contribution in [0, 0.1) is 24.2 Å². The number of nitrogens with one attached hydrogen (secondary N) is 1. The van der Waals surface area contributed by atoms with E-state index >= 15 is 0 Å². The lowest BCUT2D eigenvalue weighted by molar-refractivity contribution is -0.120. The molecule has 0 aromatic heterocycles. The Balaban J connectivity index is 2.40. The summed E-state index contributed by atoms with van der Waals surface area (Å²) in [6, 6.07) is 9.94. The van der Waals surface area contributed by atoms with Gasteiger partial charge in [0.25, 0.3) is 0 Å². The fourth-order valence-electron chi connectivity index (χ4n) is 1.27. The van der Waals surface area contributed by atoms with Gasteiger partial charge in [0, 0.05) is 6.54 Å². The van der Waals surface area contributed by atoms with E-state index in [2.05, 4.69) is 11.4 Å². The molecule has 1 amide bonds. The molecule has 0 fully saturated rings. The third-order valence-electron chi connectivity index (χ3n) is 2.31. The molecule has 0 saturated heterocycles. The molecule has 3 heteroatoms. The number of amides is 1. The van der Waals surface area contributed by atoms with E-state index in [4.69, 9.17) is 5.26 Å². The smallest absolute Gasteiger partial charge is 0.224 e. The Morgan fingerprint density at radius 1 is 1.44 bits per heavy atom. The summed E-state index contributed by atoms with van der Waals surface area (Å²) in [5.74, 6) is -0.173. The zero-order valence-corrected chi connectivity index (χ0v) is 9.66. The Labute approximate surface area is 96.1 Å². The Morgan fingerprint density at radius 2 is 2.06 bits per heavy atom. The van der Waals surface area contributed by atoms with Gasteiger partial charge in [0.15, 0.2) is 0 Å². The first-order valence-electron chi connectivity index (χ1n) is 5.33. The predicted octanol–water partition coefficient (Wildman–Crippen LogP) is 1.81. The van der Waals surface area contributed by atoms with E-state index < -0.39 is 0 Å². The summed E-state index contributed by atoms with van der Waals surface area (Å²) in [6.45, 7) is 4.21. The van der Waals surface area contributed by atoms with Crippen molar-refractivity contribution in [2.75, 3.05) is 6.54 Å². The lowest BCUT2D eigenvalue weighted by Crippen LogP contribution is -2.29. The minimum absolute atomic E-state index is 0.0362. The van der Waals surface area contributed by atoms with Crippen LogP contribution in [0.3, 0.4) is 0 Å². The Morgan fingerprint density at radius 3 is 2.62 bits per heavy atom. The van der Waals surface area contributed by atoms with Gasteiger partial charge in [-0.15, -0.1) is 0 Å². The highest BCUT2D eigenvalue weighted by molar-refractivity contribution is 5.78. The van der Waals surface area contributed by atoms with E-state index in [-0.39, 0.29) is 11.8 Å². The SMILES string of the molecule is Cc1ccc(CC(=O)NCC(C)C#N)cc1. The van der Waals surface area contributed by atoms with Gasteiger partial charge in [0.05, 0.1) is 18.4 Å². The number of hydrogen-bond acceptors (Lipinski definition) is 2. The van der Waals surface area contributed by atoms with E-state index in [1.807, 2.05) is 31.2 Å². The predicted molar refractivity (Wildman–Crippen MR) is 62.7 cm³/mol. The first-order chi connectivity index (χ1) is 7.61. The average Bonchev–Trinajstić information content (AvgIpc) is 2.29. The molecule has 0 radical (unpaired) electrons. The van der Waals surface area contributed by atoms with Crippen molar-refractivity contribution in [2.45, 2.75) is 20.3 Å². The van der Waals surface area contributed by atoms with Gasteiger partial charge in [0.2, 0.25) is 5.91 Å². The molecule has 0 aliphatic carbocycles. The van der Waals surface area contributed by atoms with Crippen molar-refractivity contribution in [1.29, 1.82) is 5.26 Å². The number of carbonyl (C=O) groups is 1. The molecule has 1 unspecified atom stereocenters. The highest BCUT2D eigenvalue weighted by atomic mass is 16.1. The second-order valence-electron chi connectivity index (χ2n) is 4.00. The minimum atomic E-state index is -0.137. The average molecular weight is 216 g/mol. The molecule has 0 saturated carbocycles. The molecule has 1 aromatic rings. The van der Waals surface area contributed by atoms with Crippen LogP contribution < -0.4 is 5.32 Å². The Hall–Kier alpha value is -1.82. The van der Waals surface area contributed by atoms with Crippen molar-refractivity contribution in [1.82, 2.24) is 5.32 Å². The van der Waals surface area contributed by atoms with Gasteiger partial charge in [-0.25, -0.2) is 0 Å². The van der Waals surface area contributed by atoms with Gasteiger partial charge >= 0.3 is 0 Å². The van der Waals surface area contributed by atoms with Crippen molar-refractivity contribution < 1.29 is 4.79 Å². The first-order valence-corrected chi connectivity index (χ1v) is 5.33. The van der Waals surface area contributed by atoms with Gasteiger partial charge in [-0.2, -0.15) is 5.26 Å². The third-order valence-corrected chi connectivity index (χ3v) is 2.31. The maximum Gasteiger partial charge on any atom is 0.224 e. The fraction of sp³-hybridized carbons (Fsp3) is 0.385. The van der Waals surface area contributed by atoms with Crippen molar-refractivity contribution >= 4 is 5.91 Å². The summed E-state index contributed by atoms with van der Waals surface area (Å²) in [5.41, 5.74) is 2.18. The maximum atomic E-state index is 11.5. The third kappa shape index (κ3) is 4.14. The zero-order valence-electron chi connectivity index (χ0n) is 9.66. The lowest BCUT2D eigenvalue weighted by Gasteiger charge is -2.06. The van der Waals surface area contributed by atoms with Crippen molar-refractivity contribution in [3.8, 4) is 6.07 Å². The molecule has 3 nitrogen and oxygen atoms in total. The summed E-state index contributed by atoms with van der Waals surface area (Å²) in [5, 5.41) is 11.3. The summed E-state index contributed by atoms with van der Waals surface area (Å²) in [7, 11) is 0. The van der Waals surface area contributed by atoms with Gasteiger partial charge in [-0.3, -0.25) is 4.79 Å². The molecule has 1 atom stereocenters. The van der Waals surface area contributed by atoms with Crippen LogP contribution in [-0.4, -0.2) is 12.5 Å². The largest absolute Gasteiger partial charge is 0.355 e. The van der Waals surface area contributed by atoms with E-state index in [9.17, 15) is 4.79 Å². The second kappa shape index (κ2) is 5.92. The van der Waals surface area contributed by atoms with Crippen LogP contribution in [0.1, 0.15) is 18.1 Å². The summed E-state index contributed by atoms with van der Waals surface area (Å²) < 4.78 is 0. The molecule has 0 aliphatic heterocycles. The highest BCUT2D eigenvalue weighted by Crippen LogP contribution is 2.03. The number of benzene rings is 1. The molecule has 0 bridgehead atoms. The zero-order chi connectivity index (χ0) is 12.0. The van der Waals surface area contributed by atoms with Crippen LogP contribution in [0.5, 0.6) is 0 Å². The number of aryl methyl sites for hydroxylation is 1. The quantitative estimate of drug-likeness (QED) is 0.834. The number of hydrogen-bond donors (Lipinski definition) is 1. The van der Waals surface area contributed by atoms with Crippen LogP contribution in [0.4, 0.5) is 0 Å². The number of rotatable bonds is 4. The van der Waals surface area contributed by atoms with E-state index in [0.717, 1.165) is 5.56 Å². The Bertz CT molecular complexity index is 389. The monoisotopic (exact) mass is 216 g/mol. The highest BCUT2D eigenvalue weighted by Gasteiger charge is 2.05. The number of nitriles is 1. The van der Waals surface area contributed by atoms with Crippen molar-refractivity contribution in [3.05, 3.63) is 35.4 Å². The topological polar surface area (TPSA) is 52.9 Å². The van der Waals surface area contributed by atoms with Crippen LogP contribution in [0.15, 0.2) is 24.3 Å². The van der Waals surface area contributed by atoms with Crippen molar-refractivity contribution in [2.24, 2.45) is 5.92 Å². The normalized spacial score (nSPS) is 11.6. The van der Waals surface area contributed by atoms with Gasteiger partial charge in [-0.1, -0.05) is 29.8 Å². The summed E-state index contributed by atoms with van der Waals surface area (Å²) in [4.78, 5) is 11.5.